The first-order chi connectivity index (χ1) is 15.8. The molecule has 0 aromatic carbocycles. The molecule has 5 unspecified atom stereocenters. The molecule has 0 aliphatic rings. The van der Waals surface area contributed by atoms with Crippen LogP contribution in [0.25, 0.3) is 0 Å². The summed E-state index contributed by atoms with van der Waals surface area (Å²) in [5.74, 6) is -5.00. The first-order valence-corrected chi connectivity index (χ1v) is 11.6. The van der Waals surface area contributed by atoms with Gasteiger partial charge in [-0.05, 0) is 44.1 Å². The Morgan fingerprint density at radius 3 is 1.82 bits per heavy atom. The number of nitrogens with one attached hydrogen (secondary N) is 3. The van der Waals surface area contributed by atoms with Crippen molar-refractivity contribution in [3.8, 4) is 0 Å². The molecule has 0 saturated carbocycles. The highest BCUT2D eigenvalue weighted by Crippen LogP contribution is 2.09. The number of hydrogen-bond donors (Lipinski definition) is 7. The van der Waals surface area contributed by atoms with Gasteiger partial charge < -0.3 is 37.6 Å². The summed E-state index contributed by atoms with van der Waals surface area (Å²) < 4.78 is 0. The van der Waals surface area contributed by atoms with Crippen LogP contribution in [0.1, 0.15) is 66.2 Å². The van der Waals surface area contributed by atoms with Crippen molar-refractivity contribution in [3.63, 3.8) is 0 Å². The third kappa shape index (κ3) is 11.9. The Balaban J connectivity index is 5.57. The lowest BCUT2D eigenvalue weighted by molar-refractivity contribution is -0.143. The quantitative estimate of drug-likeness (QED) is 0.132. The summed E-state index contributed by atoms with van der Waals surface area (Å²) in [7, 11) is 0. The molecular formula is C22H41N5O7. The van der Waals surface area contributed by atoms with Crippen LogP contribution in [-0.2, 0) is 24.0 Å². The van der Waals surface area contributed by atoms with Crippen LogP contribution in [-0.4, -0.2) is 70.6 Å². The van der Waals surface area contributed by atoms with Gasteiger partial charge in [0.25, 0.3) is 0 Å². The maximum atomic E-state index is 12.9. The largest absolute Gasteiger partial charge is 0.481 e. The topological polar surface area (TPSA) is 214 Å². The molecule has 3 amide bonds. The number of carbonyl (C=O) groups is 5. The number of carboxylic acids is 2. The zero-order valence-corrected chi connectivity index (χ0v) is 20.5. The lowest BCUT2D eigenvalue weighted by Crippen LogP contribution is -2.58. The molecule has 0 spiro atoms. The number of carboxylic acid groups (broad SMARTS) is 2. The van der Waals surface area contributed by atoms with E-state index in [0.29, 0.717) is 25.8 Å². The average Bonchev–Trinajstić information content (AvgIpc) is 2.75. The molecule has 0 radical (unpaired) electrons. The van der Waals surface area contributed by atoms with E-state index < -0.39 is 60.2 Å². The SMILES string of the molecule is CCC(C)C(N)C(=O)NC(CC(=O)O)C(=O)NC(CCCCN)C(=O)NC(CC(C)C)C(=O)O. The van der Waals surface area contributed by atoms with Crippen LogP contribution in [0.4, 0.5) is 0 Å². The molecule has 0 fully saturated rings. The van der Waals surface area contributed by atoms with Crippen molar-refractivity contribution in [2.45, 2.75) is 90.4 Å². The number of nitrogens with two attached hydrogens (primary N) is 2. The van der Waals surface area contributed by atoms with Crippen molar-refractivity contribution < 1.29 is 34.2 Å². The summed E-state index contributed by atoms with van der Waals surface area (Å²) in [5.41, 5.74) is 11.4. The number of carbonyl (C=O) groups excluding carboxylic acids is 3. The summed E-state index contributed by atoms with van der Waals surface area (Å²) in [6.45, 7) is 7.58. The highest BCUT2D eigenvalue weighted by molar-refractivity contribution is 5.95. The van der Waals surface area contributed by atoms with Gasteiger partial charge in [0.1, 0.15) is 18.1 Å². The minimum atomic E-state index is -1.46. The van der Waals surface area contributed by atoms with Crippen molar-refractivity contribution >= 4 is 29.7 Å². The van der Waals surface area contributed by atoms with Gasteiger partial charge in [0.2, 0.25) is 17.7 Å². The van der Waals surface area contributed by atoms with Crippen molar-refractivity contribution in [1.82, 2.24) is 16.0 Å². The van der Waals surface area contributed by atoms with Gasteiger partial charge in [0, 0.05) is 0 Å². The van der Waals surface area contributed by atoms with Gasteiger partial charge in [-0.1, -0.05) is 34.1 Å². The third-order valence-electron chi connectivity index (χ3n) is 5.47. The fourth-order valence-electron chi connectivity index (χ4n) is 3.16. The maximum Gasteiger partial charge on any atom is 0.326 e. The molecule has 5 atom stereocenters. The van der Waals surface area contributed by atoms with E-state index >= 15 is 0 Å². The van der Waals surface area contributed by atoms with Crippen LogP contribution in [0.5, 0.6) is 0 Å². The van der Waals surface area contributed by atoms with Gasteiger partial charge in [-0.2, -0.15) is 0 Å². The number of amides is 3. The van der Waals surface area contributed by atoms with E-state index in [0.717, 1.165) is 0 Å². The minimum absolute atomic E-state index is 0.00318. The van der Waals surface area contributed by atoms with E-state index in [1.165, 1.54) is 0 Å². The molecule has 0 saturated heterocycles. The molecule has 0 aliphatic heterocycles. The van der Waals surface area contributed by atoms with Crippen molar-refractivity contribution in [3.05, 3.63) is 0 Å². The number of unbranched alkanes of at least 4 members (excludes halogenated alkanes) is 1. The molecule has 0 heterocycles. The van der Waals surface area contributed by atoms with Gasteiger partial charge >= 0.3 is 11.9 Å². The van der Waals surface area contributed by atoms with Crippen LogP contribution in [0.2, 0.25) is 0 Å². The van der Waals surface area contributed by atoms with Gasteiger partial charge in [-0.25, -0.2) is 4.79 Å². The summed E-state index contributed by atoms with van der Waals surface area (Å²) in [4.78, 5) is 60.9. The second-order valence-corrected chi connectivity index (χ2v) is 8.94. The van der Waals surface area contributed by atoms with E-state index in [1.54, 1.807) is 6.92 Å². The van der Waals surface area contributed by atoms with Crippen molar-refractivity contribution in [2.75, 3.05) is 6.54 Å². The molecule has 196 valence electrons. The molecule has 12 heteroatoms. The Morgan fingerprint density at radius 2 is 1.35 bits per heavy atom. The molecule has 9 N–H and O–H groups in total. The van der Waals surface area contributed by atoms with Crippen LogP contribution in [0.3, 0.4) is 0 Å². The maximum absolute atomic E-state index is 12.9. The Bertz CT molecular complexity index is 701. The summed E-state index contributed by atoms with van der Waals surface area (Å²) in [5, 5.41) is 25.9. The smallest absolute Gasteiger partial charge is 0.326 e. The predicted octanol–water partition coefficient (Wildman–Crippen LogP) is -0.451. The van der Waals surface area contributed by atoms with Gasteiger partial charge in [0.05, 0.1) is 12.5 Å². The Kier molecular flexibility index (Phi) is 14.7. The van der Waals surface area contributed by atoms with E-state index in [2.05, 4.69) is 16.0 Å². The lowest BCUT2D eigenvalue weighted by Gasteiger charge is -2.26. The monoisotopic (exact) mass is 487 g/mol. The minimum Gasteiger partial charge on any atom is -0.481 e. The van der Waals surface area contributed by atoms with Crippen LogP contribution in [0, 0.1) is 11.8 Å². The van der Waals surface area contributed by atoms with Crippen LogP contribution >= 0.6 is 0 Å². The molecule has 0 aromatic rings. The van der Waals surface area contributed by atoms with E-state index in [1.807, 2.05) is 20.8 Å². The zero-order valence-electron chi connectivity index (χ0n) is 20.5. The van der Waals surface area contributed by atoms with Gasteiger partial charge in [-0.15, -0.1) is 0 Å². The predicted molar refractivity (Wildman–Crippen MR) is 125 cm³/mol. The molecule has 0 aromatic heterocycles. The standard InChI is InChI=1S/C22H41N5O7/c1-5-13(4)18(24)21(32)26-15(11-17(28)29)20(31)25-14(8-6-7-9-23)19(30)27-16(22(33)34)10-12(2)3/h12-16,18H,5-11,23-24H2,1-4H3,(H,25,31)(H,26,32)(H,27,30)(H,28,29)(H,33,34). The molecule has 34 heavy (non-hydrogen) atoms. The number of rotatable bonds is 17. The Morgan fingerprint density at radius 1 is 0.824 bits per heavy atom. The zero-order chi connectivity index (χ0) is 26.4. The van der Waals surface area contributed by atoms with E-state index in [4.69, 9.17) is 11.5 Å². The summed E-state index contributed by atoms with van der Waals surface area (Å²) in [6, 6.07) is -4.69. The first kappa shape index (κ1) is 31.3. The first-order valence-electron chi connectivity index (χ1n) is 11.6. The molecule has 12 nitrogen and oxygen atoms in total. The summed E-state index contributed by atoms with van der Waals surface area (Å²) in [6.07, 6.45) is 1.26. The number of aliphatic carboxylic acids is 2. The molecule has 0 rings (SSSR count). The van der Waals surface area contributed by atoms with Crippen molar-refractivity contribution in [1.29, 1.82) is 0 Å². The van der Waals surface area contributed by atoms with E-state index in [-0.39, 0.29) is 24.7 Å². The fourth-order valence-corrected chi connectivity index (χ4v) is 3.16. The van der Waals surface area contributed by atoms with Gasteiger partial charge in [0.15, 0.2) is 0 Å². The molecule has 0 aliphatic carbocycles. The molecular weight excluding hydrogens is 446 g/mol. The summed E-state index contributed by atoms with van der Waals surface area (Å²) >= 11 is 0. The van der Waals surface area contributed by atoms with Crippen LogP contribution in [0.15, 0.2) is 0 Å². The fraction of sp³-hybridized carbons (Fsp3) is 0.773. The lowest BCUT2D eigenvalue weighted by atomic mass is 9.99. The Labute approximate surface area is 200 Å². The Hall–Kier alpha value is -2.73. The van der Waals surface area contributed by atoms with Gasteiger partial charge in [-0.3, -0.25) is 19.2 Å². The highest BCUT2D eigenvalue weighted by Gasteiger charge is 2.32. The number of hydrogen-bond acceptors (Lipinski definition) is 7. The second-order valence-electron chi connectivity index (χ2n) is 8.94. The highest BCUT2D eigenvalue weighted by atomic mass is 16.4. The second kappa shape index (κ2) is 16.0. The van der Waals surface area contributed by atoms with Crippen LogP contribution < -0.4 is 27.4 Å². The average molecular weight is 488 g/mol. The normalized spacial score (nSPS) is 15.5. The van der Waals surface area contributed by atoms with E-state index in [9.17, 15) is 34.2 Å². The molecule has 0 bridgehead atoms. The van der Waals surface area contributed by atoms with Crippen molar-refractivity contribution in [2.24, 2.45) is 23.3 Å². The third-order valence-corrected chi connectivity index (χ3v) is 5.47.